The van der Waals surface area contributed by atoms with Crippen molar-refractivity contribution >= 4 is 5.91 Å². The molecule has 7 heteroatoms. The van der Waals surface area contributed by atoms with Gasteiger partial charge in [0.05, 0.1) is 13.2 Å². The zero-order chi connectivity index (χ0) is 22.4. The molecule has 3 aromatic rings. The Morgan fingerprint density at radius 2 is 1.84 bits per heavy atom. The SMILES string of the molecule is COc1ccc([C@H](C)NC(=O)Cn2c(-c3ccccc3)nc(C)c(CCO)c2=O)cc1. The van der Waals surface area contributed by atoms with E-state index in [1.165, 1.54) is 4.57 Å². The van der Waals surface area contributed by atoms with Crippen molar-refractivity contribution in [3.05, 3.63) is 81.8 Å². The van der Waals surface area contributed by atoms with Crippen molar-refractivity contribution in [1.82, 2.24) is 14.9 Å². The summed E-state index contributed by atoms with van der Waals surface area (Å²) in [6.45, 7) is 3.29. The Balaban J connectivity index is 1.90. The number of hydrogen-bond acceptors (Lipinski definition) is 5. The highest BCUT2D eigenvalue weighted by molar-refractivity contribution is 5.77. The van der Waals surface area contributed by atoms with Gasteiger partial charge in [-0.15, -0.1) is 0 Å². The second-order valence-corrected chi connectivity index (χ2v) is 7.29. The van der Waals surface area contributed by atoms with Gasteiger partial charge in [-0.05, 0) is 31.5 Å². The van der Waals surface area contributed by atoms with E-state index in [9.17, 15) is 14.7 Å². The Kier molecular flexibility index (Phi) is 7.20. The fraction of sp³-hybridized carbons (Fsp3) is 0.292. The first-order chi connectivity index (χ1) is 14.9. The van der Waals surface area contributed by atoms with Crippen molar-refractivity contribution in [2.45, 2.75) is 32.9 Å². The summed E-state index contributed by atoms with van der Waals surface area (Å²) in [6, 6.07) is 16.5. The van der Waals surface area contributed by atoms with Gasteiger partial charge in [0.2, 0.25) is 5.91 Å². The molecule has 0 unspecified atom stereocenters. The number of nitrogens with one attached hydrogen (secondary N) is 1. The third kappa shape index (κ3) is 5.19. The van der Waals surface area contributed by atoms with Gasteiger partial charge in [-0.3, -0.25) is 14.2 Å². The van der Waals surface area contributed by atoms with Crippen LogP contribution in [-0.4, -0.2) is 34.3 Å². The smallest absolute Gasteiger partial charge is 0.257 e. The predicted molar refractivity (Wildman–Crippen MR) is 119 cm³/mol. The largest absolute Gasteiger partial charge is 0.497 e. The number of benzene rings is 2. The number of aromatic nitrogens is 2. The minimum Gasteiger partial charge on any atom is -0.497 e. The van der Waals surface area contributed by atoms with Gasteiger partial charge in [-0.1, -0.05) is 42.5 Å². The average molecular weight is 421 g/mol. The number of carbonyl (C=O) groups is 1. The highest BCUT2D eigenvalue weighted by Crippen LogP contribution is 2.19. The number of amides is 1. The molecule has 0 radical (unpaired) electrons. The van der Waals surface area contributed by atoms with E-state index in [-0.39, 0.29) is 37.1 Å². The second-order valence-electron chi connectivity index (χ2n) is 7.29. The van der Waals surface area contributed by atoms with Crippen molar-refractivity contribution in [3.63, 3.8) is 0 Å². The van der Waals surface area contributed by atoms with Crippen LogP contribution in [0.2, 0.25) is 0 Å². The number of carbonyl (C=O) groups excluding carboxylic acids is 1. The van der Waals surface area contributed by atoms with Gasteiger partial charge >= 0.3 is 0 Å². The van der Waals surface area contributed by atoms with E-state index in [1.54, 1.807) is 14.0 Å². The van der Waals surface area contributed by atoms with Crippen LogP contribution in [0.25, 0.3) is 11.4 Å². The lowest BCUT2D eigenvalue weighted by Gasteiger charge is -2.18. The van der Waals surface area contributed by atoms with Gasteiger partial charge in [0.15, 0.2) is 0 Å². The summed E-state index contributed by atoms with van der Waals surface area (Å²) < 4.78 is 6.55. The molecule has 0 spiro atoms. The molecule has 3 rings (SSSR count). The molecule has 0 saturated heterocycles. The van der Waals surface area contributed by atoms with Crippen molar-refractivity contribution in [2.24, 2.45) is 0 Å². The number of aryl methyl sites for hydroxylation is 1. The van der Waals surface area contributed by atoms with Gasteiger partial charge in [-0.25, -0.2) is 4.98 Å². The predicted octanol–water partition coefficient (Wildman–Crippen LogP) is 2.64. The number of aliphatic hydroxyl groups excluding tert-OH is 1. The molecule has 0 aliphatic rings. The summed E-state index contributed by atoms with van der Waals surface area (Å²) in [6.07, 6.45) is 0.191. The van der Waals surface area contributed by atoms with E-state index in [0.29, 0.717) is 17.1 Å². The first-order valence-corrected chi connectivity index (χ1v) is 10.1. The van der Waals surface area contributed by atoms with Crippen LogP contribution in [0.15, 0.2) is 59.4 Å². The summed E-state index contributed by atoms with van der Waals surface area (Å²) >= 11 is 0. The van der Waals surface area contributed by atoms with E-state index in [0.717, 1.165) is 16.9 Å². The molecule has 0 fully saturated rings. The Morgan fingerprint density at radius 1 is 1.16 bits per heavy atom. The maximum absolute atomic E-state index is 13.2. The van der Waals surface area contributed by atoms with Crippen molar-refractivity contribution in [3.8, 4) is 17.1 Å². The summed E-state index contributed by atoms with van der Waals surface area (Å²) in [5.41, 5.74) is 2.33. The van der Waals surface area contributed by atoms with Crippen LogP contribution in [-0.2, 0) is 17.8 Å². The summed E-state index contributed by atoms with van der Waals surface area (Å²) in [5, 5.41) is 12.3. The fourth-order valence-corrected chi connectivity index (χ4v) is 3.46. The lowest BCUT2D eigenvalue weighted by Crippen LogP contribution is -2.36. The van der Waals surface area contributed by atoms with Crippen molar-refractivity contribution in [2.75, 3.05) is 13.7 Å². The van der Waals surface area contributed by atoms with Crippen LogP contribution in [0.4, 0.5) is 0 Å². The topological polar surface area (TPSA) is 93.4 Å². The van der Waals surface area contributed by atoms with E-state index in [4.69, 9.17) is 4.74 Å². The van der Waals surface area contributed by atoms with E-state index < -0.39 is 0 Å². The number of hydrogen-bond donors (Lipinski definition) is 2. The molecule has 2 aromatic carbocycles. The van der Waals surface area contributed by atoms with Gasteiger partial charge < -0.3 is 15.2 Å². The molecule has 7 nitrogen and oxygen atoms in total. The van der Waals surface area contributed by atoms with Crippen LogP contribution < -0.4 is 15.6 Å². The van der Waals surface area contributed by atoms with Gasteiger partial charge in [0.1, 0.15) is 18.1 Å². The van der Waals surface area contributed by atoms with Gasteiger partial charge in [-0.2, -0.15) is 0 Å². The molecule has 2 N–H and O–H groups in total. The van der Waals surface area contributed by atoms with Crippen LogP contribution in [0.5, 0.6) is 5.75 Å². The number of nitrogens with zero attached hydrogens (tertiary/aromatic N) is 2. The second kappa shape index (κ2) is 10.0. The summed E-state index contributed by atoms with van der Waals surface area (Å²) in [5.74, 6) is 0.865. The lowest BCUT2D eigenvalue weighted by molar-refractivity contribution is -0.122. The molecule has 0 saturated carbocycles. The van der Waals surface area contributed by atoms with E-state index >= 15 is 0 Å². The number of aliphatic hydroxyl groups is 1. The Morgan fingerprint density at radius 3 is 2.45 bits per heavy atom. The highest BCUT2D eigenvalue weighted by atomic mass is 16.5. The van der Waals surface area contributed by atoms with Gasteiger partial charge in [0, 0.05) is 29.8 Å². The molecule has 0 aliphatic heterocycles. The molecule has 0 bridgehead atoms. The highest BCUT2D eigenvalue weighted by Gasteiger charge is 2.18. The number of ether oxygens (including phenoxy) is 1. The molecule has 1 amide bonds. The molecule has 1 aromatic heterocycles. The van der Waals surface area contributed by atoms with Crippen LogP contribution in [0, 0.1) is 6.92 Å². The molecule has 1 atom stereocenters. The maximum atomic E-state index is 13.2. The fourth-order valence-electron chi connectivity index (χ4n) is 3.46. The van der Waals surface area contributed by atoms with E-state index in [1.807, 2.05) is 61.5 Å². The zero-order valence-electron chi connectivity index (χ0n) is 18.0. The Labute approximate surface area is 181 Å². The lowest BCUT2D eigenvalue weighted by atomic mass is 10.1. The molecule has 1 heterocycles. The quantitative estimate of drug-likeness (QED) is 0.583. The minimum atomic E-state index is -0.312. The Bertz CT molecular complexity index is 1090. The first kappa shape index (κ1) is 22.2. The normalized spacial score (nSPS) is 11.7. The minimum absolute atomic E-state index is 0.164. The molecule has 0 aliphatic carbocycles. The van der Waals surface area contributed by atoms with Crippen molar-refractivity contribution in [1.29, 1.82) is 0 Å². The number of methoxy groups -OCH3 is 1. The standard InChI is InChI=1S/C24H27N3O4/c1-16(18-9-11-20(31-3)12-10-18)25-22(29)15-27-23(19-7-5-4-6-8-19)26-17(2)21(13-14-28)24(27)30/h4-12,16,28H,13-15H2,1-3H3,(H,25,29)/t16-/m0/s1. The van der Waals surface area contributed by atoms with Crippen LogP contribution in [0.3, 0.4) is 0 Å². The molecular formula is C24H27N3O4. The van der Waals surface area contributed by atoms with Gasteiger partial charge in [0.25, 0.3) is 5.56 Å². The van der Waals surface area contributed by atoms with Crippen LogP contribution in [0.1, 0.15) is 29.8 Å². The van der Waals surface area contributed by atoms with Crippen LogP contribution >= 0.6 is 0 Å². The first-order valence-electron chi connectivity index (χ1n) is 10.1. The molecular weight excluding hydrogens is 394 g/mol. The third-order valence-corrected chi connectivity index (χ3v) is 5.16. The monoisotopic (exact) mass is 421 g/mol. The summed E-state index contributed by atoms with van der Waals surface area (Å²) in [4.78, 5) is 30.6. The Hall–Kier alpha value is -3.45. The van der Waals surface area contributed by atoms with E-state index in [2.05, 4.69) is 10.3 Å². The molecule has 31 heavy (non-hydrogen) atoms. The average Bonchev–Trinajstić information content (AvgIpc) is 2.79. The van der Waals surface area contributed by atoms with Crippen molar-refractivity contribution < 1.29 is 14.6 Å². The maximum Gasteiger partial charge on any atom is 0.257 e. The molecule has 162 valence electrons. The third-order valence-electron chi connectivity index (χ3n) is 5.16. The number of rotatable bonds is 8. The summed E-state index contributed by atoms with van der Waals surface area (Å²) in [7, 11) is 1.60. The zero-order valence-corrected chi connectivity index (χ0v) is 18.0.